The Bertz CT molecular complexity index is 744. The van der Waals surface area contributed by atoms with Crippen LogP contribution in [0.1, 0.15) is 43.1 Å². The highest BCUT2D eigenvalue weighted by atomic mass is 32.2. The van der Waals surface area contributed by atoms with Crippen molar-refractivity contribution in [3.8, 4) is 0 Å². The van der Waals surface area contributed by atoms with Crippen LogP contribution in [0.2, 0.25) is 0 Å². The van der Waals surface area contributed by atoms with E-state index in [0.29, 0.717) is 11.4 Å². The number of aromatic nitrogens is 2. The van der Waals surface area contributed by atoms with Gasteiger partial charge in [-0.1, -0.05) is 39.0 Å². The largest absolute Gasteiger partial charge is 0.296 e. The highest BCUT2D eigenvalue weighted by Crippen LogP contribution is 2.28. The van der Waals surface area contributed by atoms with E-state index in [-0.39, 0.29) is 16.1 Å². The van der Waals surface area contributed by atoms with Crippen LogP contribution in [-0.4, -0.2) is 22.6 Å². The van der Waals surface area contributed by atoms with Gasteiger partial charge in [-0.25, -0.2) is 8.78 Å². The molecule has 0 radical (unpaired) electrons. The van der Waals surface area contributed by atoms with Gasteiger partial charge in [0, 0.05) is 16.9 Å². The first-order valence-corrected chi connectivity index (χ1v) is 8.89. The topological polar surface area (TPSA) is 66.9 Å². The fourth-order valence-corrected chi connectivity index (χ4v) is 3.13. The first-order chi connectivity index (χ1) is 11.2. The molecule has 0 spiro atoms. The molecule has 0 aliphatic heterocycles. The third-order valence-corrected chi connectivity index (χ3v) is 5.04. The summed E-state index contributed by atoms with van der Waals surface area (Å²) >= 11 is 2.33. The quantitative estimate of drug-likeness (QED) is 0.777. The van der Waals surface area contributed by atoms with E-state index in [4.69, 9.17) is 0 Å². The number of amides is 1. The standard InChI is InChI=1S/C15H18F2N4OS2/c1-5-18-24-8-6-9(11(17)10(16)7-8)12(22)19-14-21-20-13(23-14)15(2,3)4/h6-7,18H,5H2,1-4H3,(H,19,21,22). The summed E-state index contributed by atoms with van der Waals surface area (Å²) in [5, 5.41) is 11.3. The van der Waals surface area contributed by atoms with E-state index >= 15 is 0 Å². The first-order valence-electron chi connectivity index (χ1n) is 7.26. The summed E-state index contributed by atoms with van der Waals surface area (Å²) in [6.45, 7) is 8.43. The van der Waals surface area contributed by atoms with Crippen LogP contribution in [0.5, 0.6) is 0 Å². The summed E-state index contributed by atoms with van der Waals surface area (Å²) < 4.78 is 30.6. The zero-order valence-electron chi connectivity index (χ0n) is 13.7. The van der Waals surface area contributed by atoms with Crippen molar-refractivity contribution in [2.75, 3.05) is 11.9 Å². The van der Waals surface area contributed by atoms with E-state index < -0.39 is 17.5 Å². The van der Waals surface area contributed by atoms with E-state index in [2.05, 4.69) is 20.2 Å². The summed E-state index contributed by atoms with van der Waals surface area (Å²) in [4.78, 5) is 12.7. The fourth-order valence-electron chi connectivity index (χ4n) is 1.69. The molecule has 0 aliphatic rings. The van der Waals surface area contributed by atoms with Gasteiger partial charge in [0.05, 0.1) is 5.56 Å². The van der Waals surface area contributed by atoms with E-state index in [9.17, 15) is 13.6 Å². The number of nitrogens with zero attached hydrogens (tertiary/aromatic N) is 2. The number of nitrogens with one attached hydrogen (secondary N) is 2. The normalized spacial score (nSPS) is 11.6. The van der Waals surface area contributed by atoms with Gasteiger partial charge in [0.2, 0.25) is 5.13 Å². The fraction of sp³-hybridized carbons (Fsp3) is 0.400. The third-order valence-electron chi connectivity index (χ3n) is 2.87. The maximum absolute atomic E-state index is 14.0. The molecule has 0 fully saturated rings. The molecule has 0 unspecified atom stereocenters. The second-order valence-corrected chi connectivity index (χ2v) is 7.92. The number of hydrogen-bond donors (Lipinski definition) is 2. The van der Waals surface area contributed by atoms with Crippen LogP contribution >= 0.6 is 23.3 Å². The third kappa shape index (κ3) is 4.49. The van der Waals surface area contributed by atoms with E-state index in [1.165, 1.54) is 17.4 Å². The molecule has 5 nitrogen and oxygen atoms in total. The van der Waals surface area contributed by atoms with Crippen molar-refractivity contribution in [3.05, 3.63) is 34.3 Å². The first kappa shape index (κ1) is 18.8. The predicted octanol–water partition coefficient (Wildman–Crippen LogP) is 3.98. The SMILES string of the molecule is CCNSc1cc(F)c(F)c(C(=O)Nc2nnc(C(C)(C)C)s2)c1. The molecule has 2 aromatic rings. The Morgan fingerprint density at radius 3 is 2.58 bits per heavy atom. The lowest BCUT2D eigenvalue weighted by molar-refractivity contribution is 0.102. The minimum absolute atomic E-state index is 0.208. The number of rotatable bonds is 5. The van der Waals surface area contributed by atoms with Crippen molar-refractivity contribution < 1.29 is 13.6 Å². The molecule has 2 rings (SSSR count). The number of benzene rings is 1. The summed E-state index contributed by atoms with van der Waals surface area (Å²) in [5.41, 5.74) is -0.580. The molecule has 9 heteroatoms. The summed E-state index contributed by atoms with van der Waals surface area (Å²) in [6, 6.07) is 2.34. The second-order valence-electron chi connectivity index (χ2n) is 5.98. The van der Waals surface area contributed by atoms with E-state index in [1.807, 2.05) is 27.7 Å². The Hall–Kier alpha value is -1.58. The van der Waals surface area contributed by atoms with Gasteiger partial charge in [-0.3, -0.25) is 14.8 Å². The Balaban J connectivity index is 2.22. The van der Waals surface area contributed by atoms with Gasteiger partial charge in [0.15, 0.2) is 11.6 Å². The lowest BCUT2D eigenvalue weighted by atomic mass is 9.98. The van der Waals surface area contributed by atoms with Gasteiger partial charge in [-0.05, 0) is 24.1 Å². The zero-order chi connectivity index (χ0) is 17.9. The molecule has 2 N–H and O–H groups in total. The molecule has 0 aliphatic carbocycles. The molecule has 24 heavy (non-hydrogen) atoms. The highest BCUT2D eigenvalue weighted by Gasteiger charge is 2.22. The van der Waals surface area contributed by atoms with Crippen molar-refractivity contribution >= 4 is 34.3 Å². The van der Waals surface area contributed by atoms with E-state index in [0.717, 1.165) is 23.0 Å². The molecule has 0 atom stereocenters. The van der Waals surface area contributed by atoms with Gasteiger partial charge in [0.25, 0.3) is 5.91 Å². The smallest absolute Gasteiger partial charge is 0.260 e. The molecule has 1 aromatic heterocycles. The van der Waals surface area contributed by atoms with Crippen LogP contribution in [-0.2, 0) is 5.41 Å². The van der Waals surface area contributed by atoms with Gasteiger partial charge in [-0.15, -0.1) is 10.2 Å². The molecule has 1 aromatic carbocycles. The van der Waals surface area contributed by atoms with Crippen LogP contribution in [0.4, 0.5) is 13.9 Å². The van der Waals surface area contributed by atoms with Gasteiger partial charge >= 0.3 is 0 Å². The van der Waals surface area contributed by atoms with Gasteiger partial charge in [-0.2, -0.15) is 0 Å². The number of halogens is 2. The van der Waals surface area contributed by atoms with Gasteiger partial charge in [0.1, 0.15) is 5.01 Å². The molecule has 130 valence electrons. The Kier molecular flexibility index (Phi) is 5.89. The summed E-state index contributed by atoms with van der Waals surface area (Å²) in [7, 11) is 0. The minimum Gasteiger partial charge on any atom is -0.296 e. The van der Waals surface area contributed by atoms with Crippen LogP contribution < -0.4 is 10.0 Å². The van der Waals surface area contributed by atoms with Crippen molar-refractivity contribution in [1.82, 2.24) is 14.9 Å². The van der Waals surface area contributed by atoms with Crippen LogP contribution in [0.25, 0.3) is 0 Å². The average molecular weight is 372 g/mol. The molecule has 0 bridgehead atoms. The number of carbonyl (C=O) groups is 1. The molecule has 0 saturated heterocycles. The predicted molar refractivity (Wildman–Crippen MR) is 92.5 cm³/mol. The Morgan fingerprint density at radius 2 is 2.00 bits per heavy atom. The summed E-state index contributed by atoms with van der Waals surface area (Å²) in [5.74, 6) is -3.02. The van der Waals surface area contributed by atoms with Crippen molar-refractivity contribution in [1.29, 1.82) is 0 Å². The molecule has 1 amide bonds. The Morgan fingerprint density at radius 1 is 1.29 bits per heavy atom. The number of anilines is 1. The highest BCUT2D eigenvalue weighted by molar-refractivity contribution is 7.97. The maximum Gasteiger partial charge on any atom is 0.260 e. The molecule has 0 saturated carbocycles. The number of hydrogen-bond acceptors (Lipinski definition) is 6. The molecule has 1 heterocycles. The average Bonchev–Trinajstić information content (AvgIpc) is 2.96. The lowest BCUT2D eigenvalue weighted by Crippen LogP contribution is -2.15. The second kappa shape index (κ2) is 7.54. The minimum atomic E-state index is -1.19. The van der Waals surface area contributed by atoms with Gasteiger partial charge < -0.3 is 0 Å². The van der Waals surface area contributed by atoms with Crippen LogP contribution in [0, 0.1) is 11.6 Å². The van der Waals surface area contributed by atoms with Crippen molar-refractivity contribution in [3.63, 3.8) is 0 Å². The van der Waals surface area contributed by atoms with Crippen molar-refractivity contribution in [2.45, 2.75) is 38.0 Å². The molecular formula is C15H18F2N4OS2. The van der Waals surface area contributed by atoms with Crippen LogP contribution in [0.3, 0.4) is 0 Å². The van der Waals surface area contributed by atoms with E-state index in [1.54, 1.807) is 0 Å². The lowest BCUT2D eigenvalue weighted by Gasteiger charge is -2.12. The maximum atomic E-state index is 14.0. The zero-order valence-corrected chi connectivity index (χ0v) is 15.4. The van der Waals surface area contributed by atoms with Crippen LogP contribution in [0.15, 0.2) is 17.0 Å². The Labute approximate surface area is 147 Å². The van der Waals surface area contributed by atoms with Crippen molar-refractivity contribution in [2.24, 2.45) is 0 Å². The summed E-state index contributed by atoms with van der Waals surface area (Å²) in [6.07, 6.45) is 0. The monoisotopic (exact) mass is 372 g/mol. The molecular weight excluding hydrogens is 354 g/mol. The number of carbonyl (C=O) groups excluding carboxylic acids is 1.